The Hall–Kier alpha value is -2.54. The van der Waals surface area contributed by atoms with Crippen molar-refractivity contribution in [2.75, 3.05) is 5.32 Å². The number of nitrogens with zero attached hydrogens (tertiary/aromatic N) is 4. The minimum atomic E-state index is -0.0830. The lowest BCUT2D eigenvalue weighted by atomic mass is 10.1. The fourth-order valence-electron chi connectivity index (χ4n) is 1.93. The quantitative estimate of drug-likeness (QED) is 0.786. The molecule has 2 aromatic heterocycles. The van der Waals surface area contributed by atoms with Crippen LogP contribution in [-0.4, -0.2) is 25.7 Å². The van der Waals surface area contributed by atoms with Crippen LogP contribution < -0.4 is 5.32 Å². The van der Waals surface area contributed by atoms with E-state index in [0.29, 0.717) is 18.1 Å². The smallest absolute Gasteiger partial charge is 0.228 e. The molecule has 0 saturated carbocycles. The third-order valence-corrected chi connectivity index (χ3v) is 3.89. The lowest BCUT2D eigenvalue weighted by Crippen LogP contribution is -2.14. The number of hydrogen-bond donors (Lipinski definition) is 1. The number of rotatable bonds is 5. The fourth-order valence-corrected chi connectivity index (χ4v) is 2.67. The van der Waals surface area contributed by atoms with Gasteiger partial charge in [0.25, 0.3) is 0 Å². The number of thiazole rings is 1. The van der Waals surface area contributed by atoms with Crippen molar-refractivity contribution in [2.24, 2.45) is 0 Å². The van der Waals surface area contributed by atoms with Crippen molar-refractivity contribution in [3.05, 3.63) is 47.9 Å². The van der Waals surface area contributed by atoms with E-state index < -0.39 is 0 Å². The summed E-state index contributed by atoms with van der Waals surface area (Å²) in [5.74, 6) is -0.0830. The van der Waals surface area contributed by atoms with Crippen LogP contribution in [0.2, 0.25) is 0 Å². The molecule has 0 radical (unpaired) electrons. The van der Waals surface area contributed by atoms with Crippen molar-refractivity contribution in [2.45, 2.75) is 19.9 Å². The Morgan fingerprint density at radius 3 is 2.86 bits per heavy atom. The van der Waals surface area contributed by atoms with Crippen LogP contribution in [0.5, 0.6) is 0 Å². The molecule has 0 aliphatic rings. The molecule has 7 heteroatoms. The lowest BCUT2D eigenvalue weighted by Gasteiger charge is -2.01. The first-order valence-corrected chi connectivity index (χ1v) is 7.73. The highest BCUT2D eigenvalue weighted by atomic mass is 32.1. The summed E-state index contributed by atoms with van der Waals surface area (Å²) in [6.07, 6.45) is 3.38. The Balaban J connectivity index is 1.59. The molecule has 0 spiro atoms. The number of carbonyl (C=O) groups excluding carboxylic acids is 1. The van der Waals surface area contributed by atoms with Crippen LogP contribution in [0.15, 0.2) is 42.3 Å². The molecule has 2 heterocycles. The van der Waals surface area contributed by atoms with Gasteiger partial charge in [0.05, 0.1) is 12.2 Å². The van der Waals surface area contributed by atoms with Gasteiger partial charge < -0.3 is 5.32 Å². The van der Waals surface area contributed by atoms with Crippen molar-refractivity contribution < 1.29 is 4.79 Å². The molecule has 0 aliphatic carbocycles. The second-order valence-electron chi connectivity index (χ2n) is 4.86. The Morgan fingerprint density at radius 2 is 2.14 bits per heavy atom. The zero-order valence-electron chi connectivity index (χ0n) is 12.1. The average molecular weight is 313 g/mol. The Labute approximate surface area is 131 Å². The first kappa shape index (κ1) is 14.4. The molecule has 1 amide bonds. The Bertz CT molecular complexity index is 749. The maximum atomic E-state index is 11.9. The van der Waals surface area contributed by atoms with E-state index in [0.717, 1.165) is 11.3 Å². The van der Waals surface area contributed by atoms with Gasteiger partial charge in [0.15, 0.2) is 5.13 Å². The summed E-state index contributed by atoms with van der Waals surface area (Å²) >= 11 is 1.42. The molecule has 112 valence electrons. The summed E-state index contributed by atoms with van der Waals surface area (Å²) in [4.78, 5) is 20.2. The van der Waals surface area contributed by atoms with E-state index in [4.69, 9.17) is 0 Å². The van der Waals surface area contributed by atoms with E-state index in [2.05, 4.69) is 20.4 Å². The summed E-state index contributed by atoms with van der Waals surface area (Å²) < 4.78 is 1.62. The number of carbonyl (C=O) groups is 1. The van der Waals surface area contributed by atoms with Crippen LogP contribution >= 0.6 is 11.3 Å². The SMILES string of the molecule is Cc1ccc(-c2csc(NC(=O)CCn3cncn3)n2)cc1. The molecule has 1 aromatic carbocycles. The molecule has 0 atom stereocenters. The predicted octanol–water partition coefficient (Wildman–Crippen LogP) is 2.74. The van der Waals surface area contributed by atoms with Crippen LogP contribution in [0.4, 0.5) is 5.13 Å². The molecular formula is C15H15N5OS. The maximum Gasteiger partial charge on any atom is 0.228 e. The van der Waals surface area contributed by atoms with E-state index in [1.807, 2.05) is 36.6 Å². The number of hydrogen-bond acceptors (Lipinski definition) is 5. The highest BCUT2D eigenvalue weighted by Gasteiger charge is 2.08. The topological polar surface area (TPSA) is 72.7 Å². The van der Waals surface area contributed by atoms with Gasteiger partial charge in [0.1, 0.15) is 12.7 Å². The average Bonchev–Trinajstić information content (AvgIpc) is 3.17. The summed E-state index contributed by atoms with van der Waals surface area (Å²) in [5, 5.41) is 9.32. The molecule has 0 aliphatic heterocycles. The van der Waals surface area contributed by atoms with Gasteiger partial charge >= 0.3 is 0 Å². The highest BCUT2D eigenvalue weighted by molar-refractivity contribution is 7.14. The number of anilines is 1. The fraction of sp³-hybridized carbons (Fsp3) is 0.200. The highest BCUT2D eigenvalue weighted by Crippen LogP contribution is 2.25. The molecule has 22 heavy (non-hydrogen) atoms. The maximum absolute atomic E-state index is 11.9. The van der Waals surface area contributed by atoms with Crippen LogP contribution in [0.3, 0.4) is 0 Å². The Kier molecular flexibility index (Phi) is 4.24. The van der Waals surface area contributed by atoms with Gasteiger partial charge in [0.2, 0.25) is 5.91 Å². The van der Waals surface area contributed by atoms with Crippen LogP contribution in [0.25, 0.3) is 11.3 Å². The largest absolute Gasteiger partial charge is 0.302 e. The van der Waals surface area contributed by atoms with Gasteiger partial charge in [-0.25, -0.2) is 9.97 Å². The monoisotopic (exact) mass is 313 g/mol. The molecular weight excluding hydrogens is 298 g/mol. The molecule has 0 bridgehead atoms. The van der Waals surface area contributed by atoms with Crippen molar-refractivity contribution in [3.63, 3.8) is 0 Å². The molecule has 1 N–H and O–H groups in total. The van der Waals surface area contributed by atoms with Gasteiger partial charge in [-0.15, -0.1) is 11.3 Å². The lowest BCUT2D eigenvalue weighted by molar-refractivity contribution is -0.116. The molecule has 3 aromatic rings. The van der Waals surface area contributed by atoms with Crippen molar-refractivity contribution in [1.29, 1.82) is 0 Å². The van der Waals surface area contributed by atoms with E-state index in [1.165, 1.54) is 23.2 Å². The molecule has 0 unspecified atom stereocenters. The zero-order chi connectivity index (χ0) is 15.4. The van der Waals surface area contributed by atoms with Crippen LogP contribution in [-0.2, 0) is 11.3 Å². The van der Waals surface area contributed by atoms with Crippen molar-refractivity contribution in [1.82, 2.24) is 19.7 Å². The second kappa shape index (κ2) is 6.48. The molecule has 3 rings (SSSR count). The normalized spacial score (nSPS) is 10.6. The van der Waals surface area contributed by atoms with Gasteiger partial charge in [-0.3, -0.25) is 9.48 Å². The van der Waals surface area contributed by atoms with Gasteiger partial charge in [-0.1, -0.05) is 29.8 Å². The first-order valence-electron chi connectivity index (χ1n) is 6.85. The van der Waals surface area contributed by atoms with Crippen LogP contribution in [0, 0.1) is 6.92 Å². The number of aromatic nitrogens is 4. The summed E-state index contributed by atoms with van der Waals surface area (Å²) in [6.45, 7) is 2.55. The standard InChI is InChI=1S/C15H15N5OS/c1-11-2-4-12(5-3-11)13-8-22-15(18-13)19-14(21)6-7-20-10-16-9-17-20/h2-5,8-10H,6-7H2,1H3,(H,18,19,21). The minimum Gasteiger partial charge on any atom is -0.302 e. The van der Waals surface area contributed by atoms with Gasteiger partial charge in [-0.2, -0.15) is 5.10 Å². The van der Waals surface area contributed by atoms with Gasteiger partial charge in [0, 0.05) is 17.4 Å². The van der Waals surface area contributed by atoms with Gasteiger partial charge in [-0.05, 0) is 6.92 Å². The van der Waals surface area contributed by atoms with E-state index >= 15 is 0 Å². The Morgan fingerprint density at radius 1 is 1.32 bits per heavy atom. The zero-order valence-corrected chi connectivity index (χ0v) is 12.9. The third-order valence-electron chi connectivity index (χ3n) is 3.13. The number of nitrogens with one attached hydrogen (secondary N) is 1. The van der Waals surface area contributed by atoms with Crippen molar-refractivity contribution in [3.8, 4) is 11.3 Å². The third kappa shape index (κ3) is 3.56. The summed E-state index contributed by atoms with van der Waals surface area (Å²) in [6, 6.07) is 8.15. The predicted molar refractivity (Wildman–Crippen MR) is 85.6 cm³/mol. The van der Waals surface area contributed by atoms with Crippen molar-refractivity contribution >= 4 is 22.4 Å². The van der Waals surface area contributed by atoms with Crippen LogP contribution in [0.1, 0.15) is 12.0 Å². The van der Waals surface area contributed by atoms with E-state index in [-0.39, 0.29) is 5.91 Å². The van der Waals surface area contributed by atoms with E-state index in [9.17, 15) is 4.79 Å². The number of amides is 1. The first-order chi connectivity index (χ1) is 10.7. The molecule has 6 nitrogen and oxygen atoms in total. The summed E-state index contributed by atoms with van der Waals surface area (Å²) in [7, 11) is 0. The second-order valence-corrected chi connectivity index (χ2v) is 5.72. The summed E-state index contributed by atoms with van der Waals surface area (Å²) in [5.41, 5.74) is 3.13. The minimum absolute atomic E-state index is 0.0830. The molecule has 0 fully saturated rings. The number of aryl methyl sites for hydroxylation is 2. The molecule has 0 saturated heterocycles. The van der Waals surface area contributed by atoms with E-state index in [1.54, 1.807) is 11.0 Å². The number of benzene rings is 1.